The Morgan fingerprint density at radius 3 is 1.25 bits per heavy atom. The molecule has 2 nitrogen and oxygen atoms in total. The summed E-state index contributed by atoms with van der Waals surface area (Å²) in [6.45, 7) is 31.2. The first kappa shape index (κ1) is 54.3. The van der Waals surface area contributed by atoms with Crippen LogP contribution >= 0.6 is 0 Å². The number of nitrogens with zero attached hydrogens (tertiary/aromatic N) is 1. The summed E-state index contributed by atoms with van der Waals surface area (Å²) in [6.07, 6.45) is 0. The van der Waals surface area contributed by atoms with E-state index in [0.29, 0.717) is 35.8 Å². The van der Waals surface area contributed by atoms with E-state index in [1.807, 2.05) is 45.0 Å². The van der Waals surface area contributed by atoms with Gasteiger partial charge in [0, 0.05) is 12.7 Å². The molecule has 0 atom stereocenters. The fourth-order valence-corrected chi connectivity index (χ4v) is 5.40. The molecule has 0 N–H and O–H groups in total. The predicted octanol–water partition coefficient (Wildman–Crippen LogP) is 16.7. The van der Waals surface area contributed by atoms with Gasteiger partial charge >= 0.3 is 0 Å². The Morgan fingerprint density at radius 1 is 0.475 bits per heavy atom. The third-order valence-corrected chi connectivity index (χ3v) is 9.96. The zero-order valence-corrected chi connectivity index (χ0v) is 38.2. The number of rotatable bonds is 7. The van der Waals surface area contributed by atoms with Crippen molar-refractivity contribution in [1.29, 1.82) is 5.26 Å². The molecule has 0 spiro atoms. The van der Waals surface area contributed by atoms with Crippen LogP contribution in [0.4, 0.5) is 13.2 Å². The molecule has 322 valence electrons. The van der Waals surface area contributed by atoms with Gasteiger partial charge in [-0.05, 0) is 139 Å². The van der Waals surface area contributed by atoms with E-state index in [9.17, 15) is 13.2 Å². The van der Waals surface area contributed by atoms with Crippen LogP contribution in [-0.2, 0) is 11.3 Å². The van der Waals surface area contributed by atoms with Crippen molar-refractivity contribution < 1.29 is 17.9 Å². The van der Waals surface area contributed by atoms with Gasteiger partial charge in [-0.3, -0.25) is 0 Å². The molecule has 0 aliphatic carbocycles. The van der Waals surface area contributed by atoms with Crippen molar-refractivity contribution in [2.45, 2.75) is 147 Å². The Bertz CT molecular complexity index is 1990. The van der Waals surface area contributed by atoms with E-state index in [2.05, 4.69) is 124 Å². The lowest BCUT2D eigenvalue weighted by Crippen LogP contribution is -1.95. The van der Waals surface area contributed by atoms with Crippen LogP contribution in [0, 0.1) is 63.4 Å². The molecule has 0 aliphatic rings. The van der Waals surface area contributed by atoms with Gasteiger partial charge in [0.15, 0.2) is 0 Å². The van der Waals surface area contributed by atoms with Gasteiger partial charge in [0.05, 0.1) is 18.2 Å². The standard InChI is InChI=1S/C12H18O.C11H13N.C10H12F2.C10H13F.C10H14.CH4/c1-9(2)11-6-5-10(3)12(7-11)8-13-4;1-8(2)10-5-4-9(3)11(6-10)7-12;1-6(2)8-4-9(11)7(3)10(12)5-8;1-7(2)9-5-4-8(3)10(11)6-9;1-8(2)10-6-4-9(3)5-7-10;/h5-7,9H,8H2,1-4H3;4-6,8H,1-3H3;4-6H,1-3H3;4-7H,1-3H3;4-8H,1-3H3;1H4. The maximum Gasteiger partial charge on any atom is 0.129 e. The highest BCUT2D eigenvalue weighted by Crippen LogP contribution is 2.22. The average molecular weight is 810 g/mol. The minimum atomic E-state index is -0.460. The van der Waals surface area contributed by atoms with Gasteiger partial charge in [-0.2, -0.15) is 5.26 Å². The van der Waals surface area contributed by atoms with Gasteiger partial charge in [0.1, 0.15) is 17.5 Å². The van der Waals surface area contributed by atoms with Crippen molar-refractivity contribution in [3.8, 4) is 6.07 Å². The number of nitriles is 1. The van der Waals surface area contributed by atoms with Crippen LogP contribution in [0.3, 0.4) is 0 Å². The number of methoxy groups -OCH3 is 1. The third-order valence-electron chi connectivity index (χ3n) is 9.96. The second-order valence-electron chi connectivity index (χ2n) is 16.6. The van der Waals surface area contributed by atoms with E-state index in [1.54, 1.807) is 20.1 Å². The van der Waals surface area contributed by atoms with Crippen molar-refractivity contribution in [2.75, 3.05) is 7.11 Å². The Labute approximate surface area is 357 Å². The van der Waals surface area contributed by atoms with Gasteiger partial charge in [-0.1, -0.05) is 149 Å². The van der Waals surface area contributed by atoms with E-state index in [4.69, 9.17) is 10.00 Å². The van der Waals surface area contributed by atoms with E-state index in [0.717, 1.165) is 22.3 Å². The first-order valence-electron chi connectivity index (χ1n) is 20.5. The molecule has 0 radical (unpaired) electrons. The zero-order valence-electron chi connectivity index (χ0n) is 38.2. The Morgan fingerprint density at radius 2 is 0.847 bits per heavy atom. The van der Waals surface area contributed by atoms with Gasteiger partial charge in [-0.25, -0.2) is 13.2 Å². The maximum atomic E-state index is 13.0. The summed E-state index contributed by atoms with van der Waals surface area (Å²) in [6, 6.07) is 31.8. The first-order chi connectivity index (χ1) is 27.1. The van der Waals surface area contributed by atoms with Crippen molar-refractivity contribution in [3.63, 3.8) is 0 Å². The maximum absolute atomic E-state index is 13.0. The van der Waals surface area contributed by atoms with Crippen LogP contribution in [0.15, 0.2) is 91.0 Å². The lowest BCUT2D eigenvalue weighted by atomic mass is 9.98. The number of benzene rings is 5. The molecule has 5 heteroatoms. The summed E-state index contributed by atoms with van der Waals surface area (Å²) in [5, 5.41) is 8.77. The fourth-order valence-electron chi connectivity index (χ4n) is 5.40. The Kier molecular flexibility index (Phi) is 25.0. The van der Waals surface area contributed by atoms with Crippen molar-refractivity contribution in [2.24, 2.45) is 0 Å². The van der Waals surface area contributed by atoms with Crippen molar-refractivity contribution >= 4 is 0 Å². The Hall–Kier alpha value is -4.66. The molecule has 0 heterocycles. The lowest BCUT2D eigenvalue weighted by Gasteiger charge is -2.10. The molecular weight excluding hydrogens is 736 g/mol. The monoisotopic (exact) mass is 810 g/mol. The lowest BCUT2D eigenvalue weighted by molar-refractivity contribution is 0.184. The molecule has 0 bridgehead atoms. The first-order valence-corrected chi connectivity index (χ1v) is 20.5. The molecule has 0 aromatic heterocycles. The largest absolute Gasteiger partial charge is 0.380 e. The minimum absolute atomic E-state index is 0. The molecule has 0 amide bonds. The molecule has 0 fully saturated rings. The number of hydrogen-bond donors (Lipinski definition) is 0. The van der Waals surface area contributed by atoms with E-state index in [-0.39, 0.29) is 24.7 Å². The topological polar surface area (TPSA) is 33.0 Å². The second-order valence-corrected chi connectivity index (χ2v) is 16.6. The molecular formula is C54H74F3NO. The van der Waals surface area contributed by atoms with Crippen LogP contribution in [0.1, 0.15) is 173 Å². The van der Waals surface area contributed by atoms with Gasteiger partial charge < -0.3 is 4.74 Å². The highest BCUT2D eigenvalue weighted by Gasteiger charge is 2.09. The summed E-state index contributed by atoms with van der Waals surface area (Å²) >= 11 is 0. The number of hydrogen-bond acceptors (Lipinski definition) is 2. The average Bonchev–Trinajstić information content (AvgIpc) is 3.16. The van der Waals surface area contributed by atoms with E-state index >= 15 is 0 Å². The summed E-state index contributed by atoms with van der Waals surface area (Å²) in [7, 11) is 1.74. The quantitative estimate of drug-likeness (QED) is 0.164. The van der Waals surface area contributed by atoms with Gasteiger partial charge in [0.2, 0.25) is 0 Å². The highest BCUT2D eigenvalue weighted by atomic mass is 19.1. The predicted molar refractivity (Wildman–Crippen MR) is 248 cm³/mol. The SMILES string of the molecule is C.COCc1cc(C(C)C)ccc1C.Cc1c(F)cc(C(C)C)cc1F.Cc1ccc(C(C)C)cc1.Cc1ccc(C(C)C)cc1C#N.Cc1ccc(C(C)C)cc1F. The van der Waals surface area contributed by atoms with Crippen LogP contribution < -0.4 is 0 Å². The normalized spacial score (nSPS) is 10.4. The Balaban J connectivity index is 0.000000711. The fraction of sp³-hybridized carbons (Fsp3) is 0.426. The molecule has 0 saturated carbocycles. The van der Waals surface area contributed by atoms with Crippen LogP contribution in [0.2, 0.25) is 0 Å². The summed E-state index contributed by atoms with van der Waals surface area (Å²) < 4.78 is 44.0. The number of aryl methyl sites for hydroxylation is 4. The number of ether oxygens (including phenoxy) is 1. The van der Waals surface area contributed by atoms with Crippen molar-refractivity contribution in [3.05, 3.63) is 175 Å². The highest BCUT2D eigenvalue weighted by molar-refractivity contribution is 5.40. The summed E-state index contributed by atoms with van der Waals surface area (Å²) in [5.74, 6) is 1.29. The van der Waals surface area contributed by atoms with E-state index in [1.165, 1.54) is 52.4 Å². The third kappa shape index (κ3) is 19.3. The molecule has 5 aromatic rings. The van der Waals surface area contributed by atoms with Crippen LogP contribution in [0.25, 0.3) is 0 Å². The molecule has 59 heavy (non-hydrogen) atoms. The van der Waals surface area contributed by atoms with Gasteiger partial charge in [0.25, 0.3) is 0 Å². The molecule has 0 unspecified atom stereocenters. The number of halogens is 3. The zero-order chi connectivity index (χ0) is 44.3. The van der Waals surface area contributed by atoms with Crippen LogP contribution in [-0.4, -0.2) is 7.11 Å². The van der Waals surface area contributed by atoms with Crippen molar-refractivity contribution in [1.82, 2.24) is 0 Å². The summed E-state index contributed by atoms with van der Waals surface area (Å²) in [4.78, 5) is 0. The van der Waals surface area contributed by atoms with Gasteiger partial charge in [-0.15, -0.1) is 0 Å². The molecule has 5 aromatic carbocycles. The molecule has 0 saturated heterocycles. The second kappa shape index (κ2) is 27.2. The molecule has 5 rings (SSSR count). The molecule has 0 aliphatic heterocycles. The van der Waals surface area contributed by atoms with E-state index < -0.39 is 11.6 Å². The summed E-state index contributed by atoms with van der Waals surface area (Å²) in [5.41, 5.74) is 12.4. The minimum Gasteiger partial charge on any atom is -0.380 e. The smallest absolute Gasteiger partial charge is 0.129 e. The van der Waals surface area contributed by atoms with Crippen LogP contribution in [0.5, 0.6) is 0 Å².